The van der Waals surface area contributed by atoms with E-state index in [-0.39, 0.29) is 24.0 Å². The summed E-state index contributed by atoms with van der Waals surface area (Å²) in [5.41, 5.74) is 0.768. The van der Waals surface area contributed by atoms with Gasteiger partial charge in [-0.1, -0.05) is 30.3 Å². The van der Waals surface area contributed by atoms with Gasteiger partial charge in [0, 0.05) is 13.7 Å². The third kappa shape index (κ3) is 3.43. The lowest BCUT2D eigenvalue weighted by Gasteiger charge is -2.28. The Morgan fingerprint density at radius 1 is 1.23 bits per heavy atom. The van der Waals surface area contributed by atoms with Crippen molar-refractivity contribution >= 4 is 5.91 Å². The van der Waals surface area contributed by atoms with Crippen LogP contribution in [0.4, 0.5) is 4.39 Å². The van der Waals surface area contributed by atoms with E-state index in [4.69, 9.17) is 0 Å². The minimum atomic E-state index is -0.590. The molecule has 1 unspecified atom stereocenters. The van der Waals surface area contributed by atoms with Gasteiger partial charge in [-0.2, -0.15) is 0 Å². The number of carbonyl (C=O) groups is 1. The number of amides is 1. The van der Waals surface area contributed by atoms with Crippen LogP contribution in [0.5, 0.6) is 5.75 Å². The van der Waals surface area contributed by atoms with E-state index in [0.717, 1.165) is 23.8 Å². The van der Waals surface area contributed by atoms with Crippen molar-refractivity contribution in [2.24, 2.45) is 0 Å². The van der Waals surface area contributed by atoms with E-state index in [1.165, 1.54) is 4.90 Å². The third-order valence-corrected chi connectivity index (χ3v) is 3.56. The third-order valence-electron chi connectivity index (χ3n) is 3.56. The van der Waals surface area contributed by atoms with Gasteiger partial charge in [-0.15, -0.1) is 0 Å². The molecule has 0 aliphatic carbocycles. The van der Waals surface area contributed by atoms with Crippen LogP contribution in [-0.2, 0) is 0 Å². The average Bonchev–Trinajstić information content (AvgIpc) is 2.54. The predicted molar refractivity (Wildman–Crippen MR) is 81.0 cm³/mol. The second kappa shape index (κ2) is 7.04. The standard InChI is InChI=1S/C17H18FNO3/c1-19(15(9-10-20)12-5-3-2-4-6-12)17(22)14-11-13(18)7-8-16(14)21/h2-8,11,15,20-21H,9-10H2,1H3. The van der Waals surface area contributed by atoms with Gasteiger partial charge in [-0.3, -0.25) is 4.79 Å². The molecule has 22 heavy (non-hydrogen) atoms. The van der Waals surface area contributed by atoms with Crippen molar-refractivity contribution < 1.29 is 19.4 Å². The molecule has 5 heteroatoms. The fraction of sp³-hybridized carbons (Fsp3) is 0.235. The summed E-state index contributed by atoms with van der Waals surface area (Å²) in [6.07, 6.45) is 0.350. The van der Waals surface area contributed by atoms with Crippen LogP contribution in [-0.4, -0.2) is 34.7 Å². The normalized spacial score (nSPS) is 12.0. The fourth-order valence-electron chi connectivity index (χ4n) is 2.39. The fourth-order valence-corrected chi connectivity index (χ4v) is 2.39. The molecule has 0 aromatic heterocycles. The molecule has 0 spiro atoms. The second-order valence-electron chi connectivity index (χ2n) is 5.02. The number of rotatable bonds is 5. The topological polar surface area (TPSA) is 60.8 Å². The summed E-state index contributed by atoms with van der Waals surface area (Å²) in [6.45, 7) is -0.0910. The van der Waals surface area contributed by atoms with Crippen LogP contribution in [0.2, 0.25) is 0 Å². The van der Waals surface area contributed by atoms with E-state index >= 15 is 0 Å². The molecular formula is C17H18FNO3. The number of aliphatic hydroxyl groups excluding tert-OH is 1. The first-order valence-electron chi connectivity index (χ1n) is 6.96. The van der Waals surface area contributed by atoms with Crippen molar-refractivity contribution in [1.29, 1.82) is 0 Å². The Balaban J connectivity index is 2.32. The Morgan fingerprint density at radius 2 is 1.91 bits per heavy atom. The van der Waals surface area contributed by atoms with E-state index < -0.39 is 11.7 Å². The van der Waals surface area contributed by atoms with Gasteiger partial charge < -0.3 is 15.1 Å². The second-order valence-corrected chi connectivity index (χ2v) is 5.02. The lowest BCUT2D eigenvalue weighted by Crippen LogP contribution is -2.32. The molecule has 116 valence electrons. The first-order chi connectivity index (χ1) is 10.5. The number of hydrogen-bond acceptors (Lipinski definition) is 3. The van der Waals surface area contributed by atoms with Crippen LogP contribution < -0.4 is 0 Å². The molecule has 2 aromatic rings. The number of aromatic hydroxyl groups is 1. The van der Waals surface area contributed by atoms with Gasteiger partial charge in [-0.05, 0) is 30.2 Å². The van der Waals surface area contributed by atoms with Gasteiger partial charge in [-0.25, -0.2) is 4.39 Å². The van der Waals surface area contributed by atoms with E-state index in [1.807, 2.05) is 30.3 Å². The van der Waals surface area contributed by atoms with Crippen molar-refractivity contribution in [3.05, 3.63) is 65.5 Å². The van der Waals surface area contributed by atoms with E-state index in [1.54, 1.807) is 7.05 Å². The summed E-state index contributed by atoms with van der Waals surface area (Å²) in [5.74, 6) is -1.36. The zero-order chi connectivity index (χ0) is 16.1. The van der Waals surface area contributed by atoms with Crippen LogP contribution in [0.25, 0.3) is 0 Å². The quantitative estimate of drug-likeness (QED) is 0.893. The van der Waals surface area contributed by atoms with E-state index in [0.29, 0.717) is 6.42 Å². The Morgan fingerprint density at radius 3 is 2.55 bits per heavy atom. The summed E-state index contributed by atoms with van der Waals surface area (Å²) < 4.78 is 13.3. The first-order valence-corrected chi connectivity index (χ1v) is 6.96. The Hall–Kier alpha value is -2.40. The number of carbonyl (C=O) groups excluding carboxylic acids is 1. The van der Waals surface area contributed by atoms with E-state index in [2.05, 4.69) is 0 Å². The number of aliphatic hydroxyl groups is 1. The molecule has 4 nitrogen and oxygen atoms in total. The van der Waals surface area contributed by atoms with Crippen LogP contribution in [0, 0.1) is 5.82 Å². The maximum atomic E-state index is 13.3. The highest BCUT2D eigenvalue weighted by Gasteiger charge is 2.24. The molecule has 2 N–H and O–H groups in total. The Kier molecular flexibility index (Phi) is 5.12. The van der Waals surface area contributed by atoms with Crippen LogP contribution in [0.3, 0.4) is 0 Å². The molecule has 0 aliphatic rings. The smallest absolute Gasteiger partial charge is 0.257 e. The van der Waals surface area contributed by atoms with Crippen molar-refractivity contribution in [3.8, 4) is 5.75 Å². The van der Waals surface area contributed by atoms with Crippen molar-refractivity contribution in [2.45, 2.75) is 12.5 Å². The molecule has 2 rings (SSSR count). The minimum Gasteiger partial charge on any atom is -0.507 e. The minimum absolute atomic E-state index is 0.0910. The highest BCUT2D eigenvalue weighted by atomic mass is 19.1. The number of halogens is 1. The van der Waals surface area contributed by atoms with Crippen LogP contribution >= 0.6 is 0 Å². The lowest BCUT2D eigenvalue weighted by atomic mass is 10.0. The van der Waals surface area contributed by atoms with Crippen molar-refractivity contribution in [2.75, 3.05) is 13.7 Å². The molecule has 0 saturated heterocycles. The molecule has 0 heterocycles. The molecule has 2 aromatic carbocycles. The number of nitrogens with zero attached hydrogens (tertiary/aromatic N) is 1. The van der Waals surface area contributed by atoms with Crippen LogP contribution in [0.1, 0.15) is 28.4 Å². The molecule has 0 radical (unpaired) electrons. The average molecular weight is 303 g/mol. The highest BCUT2D eigenvalue weighted by molar-refractivity contribution is 5.96. The van der Waals surface area contributed by atoms with Gasteiger partial charge in [0.2, 0.25) is 0 Å². The molecule has 0 saturated carbocycles. The lowest BCUT2D eigenvalue weighted by molar-refractivity contribution is 0.0701. The molecular weight excluding hydrogens is 285 g/mol. The zero-order valence-electron chi connectivity index (χ0n) is 12.2. The molecule has 0 bridgehead atoms. The Labute approximate surface area is 128 Å². The summed E-state index contributed by atoms with van der Waals surface area (Å²) >= 11 is 0. The van der Waals surface area contributed by atoms with Gasteiger partial charge in [0.15, 0.2) is 0 Å². The summed E-state index contributed by atoms with van der Waals surface area (Å²) in [6, 6.07) is 12.2. The largest absolute Gasteiger partial charge is 0.507 e. The summed E-state index contributed by atoms with van der Waals surface area (Å²) in [5, 5.41) is 19.0. The van der Waals surface area contributed by atoms with Crippen molar-refractivity contribution in [1.82, 2.24) is 4.90 Å². The van der Waals surface area contributed by atoms with Gasteiger partial charge in [0.25, 0.3) is 5.91 Å². The number of benzene rings is 2. The molecule has 1 atom stereocenters. The summed E-state index contributed by atoms with van der Waals surface area (Å²) in [4.78, 5) is 13.9. The monoisotopic (exact) mass is 303 g/mol. The van der Waals surface area contributed by atoms with Crippen LogP contribution in [0.15, 0.2) is 48.5 Å². The van der Waals surface area contributed by atoms with Gasteiger partial charge in [0.1, 0.15) is 11.6 Å². The Bertz CT molecular complexity index is 646. The molecule has 1 amide bonds. The maximum absolute atomic E-state index is 13.3. The molecule has 0 aliphatic heterocycles. The van der Waals surface area contributed by atoms with E-state index in [9.17, 15) is 19.4 Å². The maximum Gasteiger partial charge on any atom is 0.257 e. The number of phenols is 1. The number of hydrogen-bond donors (Lipinski definition) is 2. The first kappa shape index (κ1) is 16.0. The summed E-state index contributed by atoms with van der Waals surface area (Å²) in [7, 11) is 1.57. The highest BCUT2D eigenvalue weighted by Crippen LogP contribution is 2.27. The van der Waals surface area contributed by atoms with Gasteiger partial charge >= 0.3 is 0 Å². The number of phenolic OH excluding ortho intramolecular Hbond substituents is 1. The van der Waals surface area contributed by atoms with Gasteiger partial charge in [0.05, 0.1) is 11.6 Å². The zero-order valence-corrected chi connectivity index (χ0v) is 12.2. The predicted octanol–water partition coefficient (Wildman–Crippen LogP) is 2.73. The molecule has 0 fully saturated rings. The SMILES string of the molecule is CN(C(=O)c1cc(F)ccc1O)C(CCO)c1ccccc1. The van der Waals surface area contributed by atoms with Crippen molar-refractivity contribution in [3.63, 3.8) is 0 Å².